The minimum atomic E-state index is -1.59. The Kier molecular flexibility index (Phi) is 7.02. The average Bonchev–Trinajstić information content (AvgIpc) is 3.55. The Labute approximate surface area is 216 Å². The number of carbonyl (C=O) groups excluding carboxylic acids is 5. The van der Waals surface area contributed by atoms with E-state index in [1.54, 1.807) is 11.8 Å². The van der Waals surface area contributed by atoms with Crippen molar-refractivity contribution in [3.05, 3.63) is 35.9 Å². The van der Waals surface area contributed by atoms with Crippen LogP contribution in [0.3, 0.4) is 0 Å². The van der Waals surface area contributed by atoms with Crippen LogP contribution in [0, 0.1) is 0 Å². The normalized spacial score (nSPS) is 31.2. The maximum Gasteiger partial charge on any atom is 0.267 e. The number of epoxide rings is 1. The lowest BCUT2D eigenvalue weighted by atomic mass is 10.0. The van der Waals surface area contributed by atoms with Crippen molar-refractivity contribution in [2.75, 3.05) is 13.2 Å². The first kappa shape index (κ1) is 25.4. The number of Topliss-reactive ketones (excluding diaryl/α,β-unsaturated/α-hetero) is 1. The predicted molar refractivity (Wildman–Crippen MR) is 132 cm³/mol. The van der Waals surface area contributed by atoms with Gasteiger partial charge in [0.2, 0.25) is 17.7 Å². The summed E-state index contributed by atoms with van der Waals surface area (Å²) in [6, 6.07) is 7.06. The number of unbranched alkanes of at least 4 members (excludes halogenated alkanes) is 2. The maximum absolute atomic E-state index is 13.9. The van der Waals surface area contributed by atoms with E-state index in [-0.39, 0.29) is 29.6 Å². The van der Waals surface area contributed by atoms with Gasteiger partial charge in [-0.1, -0.05) is 43.2 Å². The van der Waals surface area contributed by atoms with Crippen molar-refractivity contribution in [2.24, 2.45) is 0 Å². The molecule has 0 aromatic heterocycles. The highest BCUT2D eigenvalue weighted by Crippen LogP contribution is 2.33. The van der Waals surface area contributed by atoms with E-state index in [9.17, 15) is 24.0 Å². The molecule has 5 atom stereocenters. The molecule has 1 aromatic carbocycles. The Morgan fingerprint density at radius 3 is 2.57 bits per heavy atom. The number of hydrogen-bond acceptors (Lipinski definition) is 6. The van der Waals surface area contributed by atoms with Crippen molar-refractivity contribution >= 4 is 29.4 Å². The van der Waals surface area contributed by atoms with Gasteiger partial charge in [0, 0.05) is 19.4 Å². The molecule has 2 N–H and O–H groups in total. The molecular formula is C27H34N4O6. The summed E-state index contributed by atoms with van der Waals surface area (Å²) in [4.78, 5) is 69.0. The molecule has 10 nitrogen and oxygen atoms in total. The highest BCUT2D eigenvalue weighted by molar-refractivity contribution is 6.05. The van der Waals surface area contributed by atoms with Crippen LogP contribution in [0.4, 0.5) is 0 Å². The number of hydrogen-bond donors (Lipinski definition) is 2. The molecule has 0 spiro atoms. The quantitative estimate of drug-likeness (QED) is 0.371. The number of amides is 4. The van der Waals surface area contributed by atoms with Crippen LogP contribution in [0.5, 0.6) is 0 Å². The number of nitrogens with zero attached hydrogens (tertiary/aromatic N) is 2. The summed E-state index contributed by atoms with van der Waals surface area (Å²) in [6.07, 6.45) is 4.08. The summed E-state index contributed by atoms with van der Waals surface area (Å²) in [5.41, 5.74) is -0.698. The fraction of sp³-hybridized carbons (Fsp3) is 0.593. The first-order chi connectivity index (χ1) is 17.8. The third kappa shape index (κ3) is 4.99. The second-order valence-corrected chi connectivity index (χ2v) is 10.6. The first-order valence-electron chi connectivity index (χ1n) is 13.2. The van der Waals surface area contributed by atoms with Gasteiger partial charge in [-0.05, 0) is 38.2 Å². The second kappa shape index (κ2) is 10.2. The Morgan fingerprint density at radius 1 is 1.08 bits per heavy atom. The topological polar surface area (TPSA) is 128 Å². The van der Waals surface area contributed by atoms with Gasteiger partial charge in [-0.2, -0.15) is 0 Å². The molecule has 4 heterocycles. The average molecular weight is 511 g/mol. The van der Waals surface area contributed by atoms with Gasteiger partial charge in [0.15, 0.2) is 11.4 Å². The summed E-state index contributed by atoms with van der Waals surface area (Å²) < 4.78 is 5.02. The van der Waals surface area contributed by atoms with E-state index in [0.29, 0.717) is 58.1 Å². The molecule has 37 heavy (non-hydrogen) atoms. The molecular weight excluding hydrogens is 476 g/mol. The molecule has 5 rings (SSSR count). The highest BCUT2D eigenvalue weighted by Gasteiger charge is 2.58. The molecule has 0 bridgehead atoms. The molecule has 198 valence electrons. The van der Waals surface area contributed by atoms with E-state index in [1.807, 2.05) is 30.3 Å². The molecule has 4 saturated heterocycles. The zero-order valence-corrected chi connectivity index (χ0v) is 21.1. The lowest BCUT2D eigenvalue weighted by molar-refractivity contribution is -0.151. The zero-order valence-electron chi connectivity index (χ0n) is 21.1. The summed E-state index contributed by atoms with van der Waals surface area (Å²) in [6.45, 7) is 2.48. The van der Waals surface area contributed by atoms with E-state index >= 15 is 0 Å². The van der Waals surface area contributed by atoms with Crippen LogP contribution in [0.2, 0.25) is 0 Å². The van der Waals surface area contributed by atoms with E-state index in [2.05, 4.69) is 10.6 Å². The van der Waals surface area contributed by atoms with Crippen LogP contribution in [0.1, 0.15) is 57.4 Å². The van der Waals surface area contributed by atoms with Gasteiger partial charge in [-0.25, -0.2) is 0 Å². The lowest BCUT2D eigenvalue weighted by Crippen LogP contribution is -2.64. The van der Waals surface area contributed by atoms with Crippen LogP contribution < -0.4 is 10.6 Å². The van der Waals surface area contributed by atoms with Gasteiger partial charge < -0.3 is 20.3 Å². The Hall–Kier alpha value is -3.27. The molecule has 4 aliphatic heterocycles. The molecule has 1 aromatic rings. The number of benzene rings is 1. The second-order valence-electron chi connectivity index (χ2n) is 10.6. The van der Waals surface area contributed by atoms with Crippen molar-refractivity contribution in [3.8, 4) is 0 Å². The summed E-state index contributed by atoms with van der Waals surface area (Å²) in [7, 11) is 0. The van der Waals surface area contributed by atoms with Crippen molar-refractivity contribution in [1.82, 2.24) is 20.4 Å². The van der Waals surface area contributed by atoms with Crippen LogP contribution in [-0.2, 0) is 35.1 Å². The summed E-state index contributed by atoms with van der Waals surface area (Å²) in [5, 5.41) is 5.63. The van der Waals surface area contributed by atoms with Crippen molar-refractivity contribution in [1.29, 1.82) is 0 Å². The number of ether oxygens (including phenoxy) is 1. The standard InChI is InChI=1S/C27H34N4O6/c1-27-26(36)28-18(15-17-9-4-2-5-10-17)24(34)30-14-8-12-20(30)25(35)31(27)19(23(33)29-27)11-6-3-7-13-21(32)22-16-37-22/h2,4-5,9-10,18-20,22H,3,6-8,11-16H2,1H3,(H,28,36)(H,29,33)/t18-,19-,20+,22-,27?/m0/s1. The molecule has 10 heteroatoms. The number of nitrogens with one attached hydrogen (secondary N) is 2. The maximum atomic E-state index is 13.9. The Bertz CT molecular complexity index is 1090. The number of carbonyl (C=O) groups is 5. The molecule has 4 amide bonds. The van der Waals surface area contributed by atoms with E-state index < -0.39 is 29.7 Å². The number of ketones is 1. The van der Waals surface area contributed by atoms with Gasteiger partial charge in [0.25, 0.3) is 5.91 Å². The van der Waals surface area contributed by atoms with Gasteiger partial charge in [0.1, 0.15) is 24.2 Å². The monoisotopic (exact) mass is 510 g/mol. The van der Waals surface area contributed by atoms with Crippen molar-refractivity contribution in [3.63, 3.8) is 0 Å². The van der Waals surface area contributed by atoms with Gasteiger partial charge in [0.05, 0.1) is 6.61 Å². The molecule has 0 saturated carbocycles. The van der Waals surface area contributed by atoms with Crippen molar-refractivity contribution < 1.29 is 28.7 Å². The van der Waals surface area contributed by atoms with Crippen LogP contribution >= 0.6 is 0 Å². The molecule has 0 aliphatic carbocycles. The summed E-state index contributed by atoms with van der Waals surface area (Å²) >= 11 is 0. The summed E-state index contributed by atoms with van der Waals surface area (Å²) in [5.74, 6) is -1.47. The molecule has 4 aliphatic rings. The minimum Gasteiger partial charge on any atom is -0.365 e. The third-order valence-corrected chi connectivity index (χ3v) is 7.94. The molecule has 0 radical (unpaired) electrons. The Balaban J connectivity index is 1.35. The minimum absolute atomic E-state index is 0.106. The smallest absolute Gasteiger partial charge is 0.267 e. The lowest BCUT2D eigenvalue weighted by Gasteiger charge is -2.37. The predicted octanol–water partition coefficient (Wildman–Crippen LogP) is 0.680. The fourth-order valence-electron chi connectivity index (χ4n) is 5.82. The Morgan fingerprint density at radius 2 is 1.84 bits per heavy atom. The molecule has 4 fully saturated rings. The largest absolute Gasteiger partial charge is 0.365 e. The van der Waals surface area contributed by atoms with E-state index in [1.165, 1.54) is 4.90 Å². The van der Waals surface area contributed by atoms with Crippen molar-refractivity contribution in [2.45, 2.75) is 88.2 Å². The van der Waals surface area contributed by atoms with E-state index in [4.69, 9.17) is 4.74 Å². The van der Waals surface area contributed by atoms with Gasteiger partial charge in [-0.3, -0.25) is 28.9 Å². The third-order valence-electron chi connectivity index (χ3n) is 7.94. The number of rotatable bonds is 9. The van der Waals surface area contributed by atoms with Crippen LogP contribution in [0.25, 0.3) is 0 Å². The van der Waals surface area contributed by atoms with E-state index in [0.717, 1.165) is 12.0 Å². The highest BCUT2D eigenvalue weighted by atomic mass is 16.6. The van der Waals surface area contributed by atoms with Gasteiger partial charge >= 0.3 is 0 Å². The van der Waals surface area contributed by atoms with Gasteiger partial charge in [-0.15, -0.1) is 0 Å². The number of fused-ring (bicyclic) bond motifs is 2. The zero-order chi connectivity index (χ0) is 26.2. The molecule has 1 unspecified atom stereocenters. The van der Waals surface area contributed by atoms with Crippen LogP contribution in [0.15, 0.2) is 30.3 Å². The SMILES string of the molecule is CC12NC(=O)[C@H](CCCCCC(=O)[C@@H]3CO3)N1C(=O)[C@H]1CCCN1C(=O)[C@H](Cc1ccccc1)NC2=O. The van der Waals surface area contributed by atoms with Crippen LogP contribution in [-0.4, -0.2) is 82.3 Å². The fourth-order valence-corrected chi connectivity index (χ4v) is 5.82. The first-order valence-corrected chi connectivity index (χ1v) is 13.2.